The number of esters is 1. The number of ether oxygens (including phenoxy) is 1. The first-order valence-corrected chi connectivity index (χ1v) is 9.00. The molecule has 0 unspecified atom stereocenters. The zero-order valence-electron chi connectivity index (χ0n) is 14.6. The molecule has 0 radical (unpaired) electrons. The quantitative estimate of drug-likeness (QED) is 0.216. The van der Waals surface area contributed by atoms with Gasteiger partial charge in [0.05, 0.1) is 12.8 Å². The van der Waals surface area contributed by atoms with Crippen LogP contribution in [0.1, 0.15) is 19.6 Å². The second-order valence-corrected chi connectivity index (χ2v) is 5.77. The minimum atomic E-state index is -0.707. The Hall–Kier alpha value is -3.05. The fourth-order valence-corrected chi connectivity index (χ4v) is 2.23. The molecular weight excluding hydrogens is 352 g/mol. The Morgan fingerprint density at radius 3 is 2.88 bits per heavy atom. The van der Waals surface area contributed by atoms with E-state index in [1.807, 2.05) is 30.3 Å². The molecule has 0 fully saturated rings. The van der Waals surface area contributed by atoms with Crippen molar-refractivity contribution in [1.29, 1.82) is 5.26 Å². The number of benzene rings is 1. The van der Waals surface area contributed by atoms with Gasteiger partial charge in [-0.15, -0.1) is 0 Å². The number of para-hydroxylation sites is 1. The molecule has 0 aliphatic heterocycles. The van der Waals surface area contributed by atoms with E-state index in [4.69, 9.17) is 14.4 Å². The number of furan rings is 1. The van der Waals surface area contributed by atoms with Gasteiger partial charge >= 0.3 is 5.97 Å². The van der Waals surface area contributed by atoms with Crippen LogP contribution in [0.2, 0.25) is 0 Å². The van der Waals surface area contributed by atoms with Crippen molar-refractivity contribution in [2.45, 2.75) is 13.8 Å². The number of aliphatic imine (C=N–C) groups is 1. The minimum Gasteiger partial charge on any atom is -0.462 e. The molecule has 0 saturated carbocycles. The number of hydrazone groups is 1. The number of nitriles is 1. The van der Waals surface area contributed by atoms with Crippen LogP contribution in [0.25, 0.3) is 11.0 Å². The Morgan fingerprint density at radius 1 is 1.46 bits per heavy atom. The second-order valence-electron chi connectivity index (χ2n) is 4.97. The molecule has 1 heterocycles. The number of rotatable bonds is 5. The summed E-state index contributed by atoms with van der Waals surface area (Å²) in [6.45, 7) is 3.66. The Morgan fingerprint density at radius 2 is 2.23 bits per heavy atom. The average Bonchev–Trinajstić information content (AvgIpc) is 3.09. The summed E-state index contributed by atoms with van der Waals surface area (Å²) >= 11 is 1.28. The average molecular weight is 370 g/mol. The molecule has 0 aliphatic rings. The molecule has 0 aliphatic carbocycles. The molecule has 0 spiro atoms. The molecule has 0 amide bonds. The fourth-order valence-electron chi connectivity index (χ4n) is 1.93. The first-order valence-electron chi connectivity index (χ1n) is 7.77. The third-order valence-corrected chi connectivity index (χ3v) is 3.80. The molecule has 0 atom stereocenters. The van der Waals surface area contributed by atoms with Crippen LogP contribution in [0.5, 0.6) is 0 Å². The third kappa shape index (κ3) is 4.97. The van der Waals surface area contributed by atoms with Crippen LogP contribution in [-0.4, -0.2) is 29.7 Å². The Labute approximate surface area is 155 Å². The van der Waals surface area contributed by atoms with E-state index in [0.29, 0.717) is 16.6 Å². The van der Waals surface area contributed by atoms with E-state index in [1.54, 1.807) is 26.2 Å². The smallest absolute Gasteiger partial charge is 0.350 e. The van der Waals surface area contributed by atoms with E-state index in [2.05, 4.69) is 15.5 Å². The van der Waals surface area contributed by atoms with Gasteiger partial charge in [0.2, 0.25) is 0 Å². The molecule has 26 heavy (non-hydrogen) atoms. The van der Waals surface area contributed by atoms with Gasteiger partial charge in [0.15, 0.2) is 16.5 Å². The predicted molar refractivity (Wildman–Crippen MR) is 103 cm³/mol. The molecule has 7 nitrogen and oxygen atoms in total. The van der Waals surface area contributed by atoms with Crippen LogP contribution in [0.15, 0.2) is 56.6 Å². The second kappa shape index (κ2) is 9.44. The largest absolute Gasteiger partial charge is 0.462 e. The summed E-state index contributed by atoms with van der Waals surface area (Å²) in [5.41, 5.74) is 4.04. The molecule has 8 heteroatoms. The van der Waals surface area contributed by atoms with Crippen LogP contribution in [0.3, 0.4) is 0 Å². The van der Waals surface area contributed by atoms with Crippen LogP contribution in [0, 0.1) is 11.3 Å². The Kier molecular flexibility index (Phi) is 7.00. The third-order valence-electron chi connectivity index (χ3n) is 3.22. The lowest BCUT2D eigenvalue weighted by atomic mass is 10.2. The van der Waals surface area contributed by atoms with Gasteiger partial charge in [-0.25, -0.2) is 9.79 Å². The summed E-state index contributed by atoms with van der Waals surface area (Å²) in [7, 11) is 0. The molecule has 1 aromatic carbocycles. The van der Waals surface area contributed by atoms with Gasteiger partial charge in [-0.3, -0.25) is 5.43 Å². The number of amidine groups is 1. The van der Waals surface area contributed by atoms with Crippen LogP contribution >= 0.6 is 11.8 Å². The van der Waals surface area contributed by atoms with Gasteiger partial charge in [-0.05, 0) is 32.2 Å². The number of nitrogens with zero attached hydrogens (tertiary/aromatic N) is 3. The van der Waals surface area contributed by atoms with Gasteiger partial charge in [0, 0.05) is 5.39 Å². The van der Waals surface area contributed by atoms with E-state index in [0.717, 1.165) is 17.2 Å². The van der Waals surface area contributed by atoms with Crippen molar-refractivity contribution in [2.75, 3.05) is 12.9 Å². The lowest BCUT2D eigenvalue weighted by molar-refractivity contribution is -0.138. The topological polar surface area (TPSA) is 100.0 Å². The zero-order valence-corrected chi connectivity index (χ0v) is 15.5. The van der Waals surface area contributed by atoms with E-state index in [9.17, 15) is 4.79 Å². The van der Waals surface area contributed by atoms with Gasteiger partial charge in [0.1, 0.15) is 17.4 Å². The molecule has 134 valence electrons. The van der Waals surface area contributed by atoms with Crippen LogP contribution < -0.4 is 5.43 Å². The van der Waals surface area contributed by atoms with Crippen molar-refractivity contribution in [3.05, 3.63) is 47.9 Å². The highest BCUT2D eigenvalue weighted by molar-refractivity contribution is 8.13. The summed E-state index contributed by atoms with van der Waals surface area (Å²) < 4.78 is 10.5. The van der Waals surface area contributed by atoms with E-state index in [1.165, 1.54) is 11.8 Å². The number of thioether (sulfide) groups is 1. The number of hydrogen-bond acceptors (Lipinski definition) is 7. The number of nitrogens with one attached hydrogen (secondary N) is 1. The maximum atomic E-state index is 11.6. The van der Waals surface area contributed by atoms with E-state index in [-0.39, 0.29) is 12.2 Å². The lowest BCUT2D eigenvalue weighted by Gasteiger charge is -2.02. The number of fused-ring (bicyclic) bond motifs is 1. The molecule has 2 rings (SSSR count). The molecule has 0 saturated heterocycles. The first-order chi connectivity index (χ1) is 12.6. The van der Waals surface area contributed by atoms with Gasteiger partial charge < -0.3 is 9.15 Å². The maximum absolute atomic E-state index is 11.6. The van der Waals surface area contributed by atoms with Crippen LogP contribution in [0.4, 0.5) is 0 Å². The summed E-state index contributed by atoms with van der Waals surface area (Å²) in [6, 6.07) is 11.4. The van der Waals surface area contributed by atoms with Crippen LogP contribution in [-0.2, 0) is 9.53 Å². The van der Waals surface area contributed by atoms with E-state index < -0.39 is 5.97 Å². The fraction of sp³-hybridized carbons (Fsp3) is 0.222. The molecule has 1 N–H and O–H groups in total. The summed E-state index contributed by atoms with van der Waals surface area (Å²) in [4.78, 5) is 15.6. The minimum absolute atomic E-state index is 0.182. The summed E-state index contributed by atoms with van der Waals surface area (Å²) in [5.74, 6) is -0.0694. The highest BCUT2D eigenvalue weighted by Crippen LogP contribution is 2.19. The molecule has 2 aromatic rings. The highest BCUT2D eigenvalue weighted by Gasteiger charge is 2.09. The van der Waals surface area contributed by atoms with Crippen molar-refractivity contribution >= 4 is 39.6 Å². The van der Waals surface area contributed by atoms with Crippen molar-refractivity contribution in [3.8, 4) is 6.07 Å². The van der Waals surface area contributed by atoms with Crippen molar-refractivity contribution in [2.24, 2.45) is 10.1 Å². The van der Waals surface area contributed by atoms with Crippen molar-refractivity contribution < 1.29 is 13.9 Å². The van der Waals surface area contributed by atoms with Crippen molar-refractivity contribution in [3.63, 3.8) is 0 Å². The lowest BCUT2D eigenvalue weighted by Crippen LogP contribution is -2.15. The monoisotopic (exact) mass is 370 g/mol. The van der Waals surface area contributed by atoms with Crippen molar-refractivity contribution in [1.82, 2.24) is 5.43 Å². The molecule has 0 bridgehead atoms. The first kappa shape index (κ1) is 19.3. The number of carbonyl (C=O) groups excluding carboxylic acids is 1. The predicted octanol–water partition coefficient (Wildman–Crippen LogP) is 3.44. The maximum Gasteiger partial charge on any atom is 0.350 e. The summed E-state index contributed by atoms with van der Waals surface area (Å²) in [5, 5.41) is 14.6. The van der Waals surface area contributed by atoms with Gasteiger partial charge in [-0.1, -0.05) is 30.0 Å². The highest BCUT2D eigenvalue weighted by atomic mass is 32.2. The zero-order chi connectivity index (χ0) is 18.9. The van der Waals surface area contributed by atoms with Gasteiger partial charge in [0.25, 0.3) is 0 Å². The molecular formula is C18H18N4O3S. The summed E-state index contributed by atoms with van der Waals surface area (Å²) in [6.07, 6.45) is 2.95. The standard InChI is InChI=1S/C18H18N4O3S/c1-4-24-17(23)14(10-19)11-20-18(26-3)22-21-12(2)16-9-13-7-5-6-8-15(13)25-16/h5-9,11H,4H2,1-3H3,(H,20,22). The molecule has 1 aromatic heterocycles. The van der Waals surface area contributed by atoms with Gasteiger partial charge in [-0.2, -0.15) is 10.4 Å². The number of carbonyl (C=O) groups is 1. The van der Waals surface area contributed by atoms with E-state index >= 15 is 0 Å². The SMILES string of the molecule is CCOC(=O)C(C#N)=CN=C(NN=C(C)c1cc2ccccc2o1)SC. The Bertz CT molecular complexity index is 889. The normalized spacial score (nSPS) is 12.8. The Balaban J connectivity index is 2.14. The number of hydrogen-bond donors (Lipinski definition) is 1.